The minimum atomic E-state index is 0.166. The van der Waals surface area contributed by atoms with Crippen LogP contribution in [0.15, 0.2) is 66.9 Å². The van der Waals surface area contributed by atoms with Crippen LogP contribution in [0.3, 0.4) is 0 Å². The van der Waals surface area contributed by atoms with Gasteiger partial charge in [0.25, 0.3) is 0 Å². The van der Waals surface area contributed by atoms with Gasteiger partial charge in [-0.25, -0.2) is 0 Å². The third-order valence-electron chi connectivity index (χ3n) is 4.23. The topological polar surface area (TPSA) is 12.9 Å². The Balaban J connectivity index is 2.01. The fraction of sp³-hybridized carbons (Fsp3) is 0.227. The molecule has 0 saturated heterocycles. The van der Waals surface area contributed by atoms with E-state index < -0.39 is 0 Å². The highest BCUT2D eigenvalue weighted by Crippen LogP contribution is 2.30. The van der Waals surface area contributed by atoms with E-state index >= 15 is 0 Å². The van der Waals surface area contributed by atoms with Gasteiger partial charge in [-0.05, 0) is 46.7 Å². The minimum Gasteiger partial charge on any atom is -0.256 e. The second-order valence-electron chi connectivity index (χ2n) is 7.08. The van der Waals surface area contributed by atoms with Gasteiger partial charge in [0.15, 0.2) is 0 Å². The molecule has 2 aromatic carbocycles. The van der Waals surface area contributed by atoms with Gasteiger partial charge >= 0.3 is 0 Å². The summed E-state index contributed by atoms with van der Waals surface area (Å²) in [5, 5.41) is 0. The molecule has 0 atom stereocenters. The monoisotopic (exact) mass is 301 g/mol. The molecule has 1 heteroatoms. The summed E-state index contributed by atoms with van der Waals surface area (Å²) in [6.07, 6.45) is 1.84. The van der Waals surface area contributed by atoms with E-state index in [0.29, 0.717) is 0 Å². The molecule has 0 fully saturated rings. The molecule has 3 aromatic rings. The molecule has 0 aliphatic heterocycles. The first-order valence-electron chi connectivity index (χ1n) is 8.08. The van der Waals surface area contributed by atoms with Crippen LogP contribution in [0.25, 0.3) is 22.4 Å². The zero-order chi connectivity index (χ0) is 16.4. The number of aryl methyl sites for hydroxylation is 1. The lowest BCUT2D eigenvalue weighted by atomic mass is 9.85. The maximum absolute atomic E-state index is 4.46. The van der Waals surface area contributed by atoms with Gasteiger partial charge in [-0.15, -0.1) is 0 Å². The quantitative estimate of drug-likeness (QED) is 0.564. The normalized spacial score (nSPS) is 11.5. The van der Waals surface area contributed by atoms with Gasteiger partial charge in [-0.1, -0.05) is 69.3 Å². The SMILES string of the molecule is Cc1cc(-c2cccc(C(C)(C)C)c2)ccc1-c1ccccn1. The molecule has 3 rings (SSSR count). The van der Waals surface area contributed by atoms with E-state index in [1.165, 1.54) is 27.8 Å². The van der Waals surface area contributed by atoms with E-state index in [0.717, 1.165) is 5.69 Å². The highest BCUT2D eigenvalue weighted by Gasteiger charge is 2.14. The third kappa shape index (κ3) is 3.34. The minimum absolute atomic E-state index is 0.166. The van der Waals surface area contributed by atoms with Crippen molar-refractivity contribution in [3.05, 3.63) is 78.0 Å². The van der Waals surface area contributed by atoms with Gasteiger partial charge in [0.05, 0.1) is 5.69 Å². The highest BCUT2D eigenvalue weighted by molar-refractivity contribution is 5.72. The van der Waals surface area contributed by atoms with Crippen LogP contribution < -0.4 is 0 Å². The van der Waals surface area contributed by atoms with Crippen molar-refractivity contribution >= 4 is 0 Å². The maximum Gasteiger partial charge on any atom is 0.0704 e. The van der Waals surface area contributed by atoms with Gasteiger partial charge in [0.2, 0.25) is 0 Å². The van der Waals surface area contributed by atoms with Crippen LogP contribution in [0.5, 0.6) is 0 Å². The fourth-order valence-corrected chi connectivity index (χ4v) is 2.82. The lowest BCUT2D eigenvalue weighted by Gasteiger charge is -2.20. The summed E-state index contributed by atoms with van der Waals surface area (Å²) in [6, 6.07) is 21.5. The van der Waals surface area contributed by atoms with Crippen molar-refractivity contribution in [2.24, 2.45) is 0 Å². The van der Waals surface area contributed by atoms with E-state index in [-0.39, 0.29) is 5.41 Å². The van der Waals surface area contributed by atoms with Crippen molar-refractivity contribution in [3.63, 3.8) is 0 Å². The van der Waals surface area contributed by atoms with E-state index in [2.05, 4.69) is 81.2 Å². The van der Waals surface area contributed by atoms with Crippen LogP contribution in [-0.2, 0) is 5.41 Å². The van der Waals surface area contributed by atoms with Crippen molar-refractivity contribution in [2.75, 3.05) is 0 Å². The molecule has 0 bridgehead atoms. The van der Waals surface area contributed by atoms with Crippen molar-refractivity contribution in [3.8, 4) is 22.4 Å². The summed E-state index contributed by atoms with van der Waals surface area (Å²) >= 11 is 0. The first kappa shape index (κ1) is 15.5. The molecule has 0 amide bonds. The van der Waals surface area contributed by atoms with Crippen molar-refractivity contribution < 1.29 is 0 Å². The van der Waals surface area contributed by atoms with Crippen LogP contribution in [-0.4, -0.2) is 4.98 Å². The lowest BCUT2D eigenvalue weighted by Crippen LogP contribution is -2.10. The first-order chi connectivity index (χ1) is 10.9. The van der Waals surface area contributed by atoms with Crippen molar-refractivity contribution in [1.29, 1.82) is 0 Å². The molecule has 0 unspecified atom stereocenters. The van der Waals surface area contributed by atoms with E-state index in [4.69, 9.17) is 0 Å². The molecule has 1 aromatic heterocycles. The zero-order valence-electron chi connectivity index (χ0n) is 14.3. The molecule has 0 spiro atoms. The Bertz CT molecular complexity index is 811. The van der Waals surface area contributed by atoms with Gasteiger partial charge < -0.3 is 0 Å². The Morgan fingerprint density at radius 2 is 1.57 bits per heavy atom. The predicted molar refractivity (Wildman–Crippen MR) is 98.5 cm³/mol. The van der Waals surface area contributed by atoms with Gasteiger partial charge in [-0.2, -0.15) is 0 Å². The number of aromatic nitrogens is 1. The lowest BCUT2D eigenvalue weighted by molar-refractivity contribution is 0.590. The molecule has 23 heavy (non-hydrogen) atoms. The summed E-state index contributed by atoms with van der Waals surface area (Å²) in [5.74, 6) is 0. The molecule has 1 heterocycles. The number of hydrogen-bond donors (Lipinski definition) is 0. The van der Waals surface area contributed by atoms with Gasteiger partial charge in [0, 0.05) is 11.8 Å². The number of nitrogens with zero attached hydrogens (tertiary/aromatic N) is 1. The molecular weight excluding hydrogens is 278 g/mol. The molecule has 0 aliphatic rings. The predicted octanol–water partition coefficient (Wildman–Crippen LogP) is 6.02. The molecule has 0 N–H and O–H groups in total. The average Bonchev–Trinajstić information content (AvgIpc) is 2.55. The smallest absolute Gasteiger partial charge is 0.0704 e. The second kappa shape index (κ2) is 6.00. The second-order valence-corrected chi connectivity index (χ2v) is 7.08. The van der Waals surface area contributed by atoms with Crippen molar-refractivity contribution in [2.45, 2.75) is 33.1 Å². The van der Waals surface area contributed by atoms with E-state index in [1.54, 1.807) is 0 Å². The third-order valence-corrected chi connectivity index (χ3v) is 4.23. The Labute approximate surface area is 139 Å². The Hall–Kier alpha value is -2.41. The largest absolute Gasteiger partial charge is 0.256 e. The molecule has 1 nitrogen and oxygen atoms in total. The fourth-order valence-electron chi connectivity index (χ4n) is 2.82. The molecule has 116 valence electrons. The Morgan fingerprint density at radius 1 is 0.783 bits per heavy atom. The number of rotatable bonds is 2. The summed E-state index contributed by atoms with van der Waals surface area (Å²) in [4.78, 5) is 4.46. The highest BCUT2D eigenvalue weighted by atomic mass is 14.7. The first-order valence-corrected chi connectivity index (χ1v) is 8.08. The Morgan fingerprint density at radius 3 is 2.22 bits per heavy atom. The van der Waals surface area contributed by atoms with Gasteiger partial charge in [0.1, 0.15) is 0 Å². The molecular formula is C22H23N. The van der Waals surface area contributed by atoms with Crippen molar-refractivity contribution in [1.82, 2.24) is 4.98 Å². The molecule has 0 aliphatic carbocycles. The zero-order valence-corrected chi connectivity index (χ0v) is 14.3. The number of benzene rings is 2. The van der Waals surface area contributed by atoms with Crippen LogP contribution in [0, 0.1) is 6.92 Å². The summed E-state index contributed by atoms with van der Waals surface area (Å²) in [7, 11) is 0. The van der Waals surface area contributed by atoms with Crippen LogP contribution >= 0.6 is 0 Å². The standard InChI is InChI=1S/C22H23N/c1-16-14-18(11-12-20(16)21-10-5-6-13-23-21)17-8-7-9-19(15-17)22(2,3)4/h5-15H,1-4H3. The van der Waals surface area contributed by atoms with Gasteiger partial charge in [-0.3, -0.25) is 4.98 Å². The number of pyridine rings is 1. The van der Waals surface area contributed by atoms with E-state index in [1.807, 2.05) is 18.3 Å². The Kier molecular flexibility index (Phi) is 4.04. The number of hydrogen-bond acceptors (Lipinski definition) is 1. The summed E-state index contributed by atoms with van der Waals surface area (Å²) in [6.45, 7) is 8.91. The average molecular weight is 301 g/mol. The summed E-state index contributed by atoms with van der Waals surface area (Å²) < 4.78 is 0. The molecule has 0 saturated carbocycles. The van der Waals surface area contributed by atoms with E-state index in [9.17, 15) is 0 Å². The molecule has 0 radical (unpaired) electrons. The van der Waals surface area contributed by atoms with Crippen LogP contribution in [0.2, 0.25) is 0 Å². The summed E-state index contributed by atoms with van der Waals surface area (Å²) in [5.41, 5.74) is 7.53. The maximum atomic E-state index is 4.46. The van der Waals surface area contributed by atoms with Crippen LogP contribution in [0.4, 0.5) is 0 Å². The van der Waals surface area contributed by atoms with Crippen LogP contribution in [0.1, 0.15) is 31.9 Å².